The molecule has 3 aliphatic rings. The molecule has 33 heavy (non-hydrogen) atoms. The molecule has 0 radical (unpaired) electrons. The second kappa shape index (κ2) is 10.8. The molecule has 0 aromatic carbocycles. The monoisotopic (exact) mass is 514 g/mol. The molecule has 4 atom stereocenters. The molecular formula is C29H39BrO3. The zero-order valence-corrected chi connectivity index (χ0v) is 22.3. The van der Waals surface area contributed by atoms with Crippen molar-refractivity contribution in [1.29, 1.82) is 0 Å². The molecule has 0 aromatic heterocycles. The number of hydrogen-bond acceptors (Lipinski definition) is 3. The van der Waals surface area contributed by atoms with Gasteiger partial charge < -0.3 is 9.84 Å². The first-order chi connectivity index (χ1) is 15.5. The van der Waals surface area contributed by atoms with Crippen LogP contribution in [0.15, 0.2) is 47.1 Å². The van der Waals surface area contributed by atoms with Gasteiger partial charge in [-0.2, -0.15) is 0 Å². The van der Waals surface area contributed by atoms with Gasteiger partial charge in [0.15, 0.2) is 0 Å². The Morgan fingerprint density at radius 1 is 1.42 bits per heavy atom. The summed E-state index contributed by atoms with van der Waals surface area (Å²) in [6, 6.07) is 0. The minimum Gasteiger partial charge on any atom is -0.461 e. The van der Waals surface area contributed by atoms with Crippen LogP contribution in [-0.2, 0) is 9.53 Å². The third-order valence-electron chi connectivity index (χ3n) is 7.52. The molecule has 0 aliphatic heterocycles. The molecule has 1 N–H and O–H groups in total. The van der Waals surface area contributed by atoms with Crippen LogP contribution in [0.2, 0.25) is 0 Å². The highest BCUT2D eigenvalue weighted by molar-refractivity contribution is 9.09. The second-order valence-electron chi connectivity index (χ2n) is 10.7. The molecule has 1 unspecified atom stereocenters. The van der Waals surface area contributed by atoms with Crippen molar-refractivity contribution < 1.29 is 14.6 Å². The van der Waals surface area contributed by atoms with Crippen LogP contribution < -0.4 is 0 Å². The number of ether oxygens (including phenoxy) is 1. The smallest absolute Gasteiger partial charge is 0.316 e. The Balaban J connectivity index is 1.72. The zero-order chi connectivity index (χ0) is 24.2. The van der Waals surface area contributed by atoms with E-state index in [9.17, 15) is 9.90 Å². The molecule has 3 rings (SSSR count). The minimum atomic E-state index is -0.931. The number of carbonyl (C=O) groups excluding carboxylic acids is 1. The van der Waals surface area contributed by atoms with E-state index in [1.165, 1.54) is 29.6 Å². The number of hydrogen-bond donors (Lipinski definition) is 1. The molecule has 180 valence electrons. The van der Waals surface area contributed by atoms with Gasteiger partial charge in [0.25, 0.3) is 0 Å². The standard InChI is InChI=1S/C29H39BrO3/c1-20-10-13-24(33-27(31)19-30)18-23(20)12-11-22-9-7-17-29(5)25(14-15-26(22)29)21(2)8-6-16-28(3,4)32/h11-12,14,21,24,26,32H,1,7-10,13,15,17-19H2,2-5H3/b22-11+,23-12-/t21-,24+,26?,29-/m1/s1. The summed E-state index contributed by atoms with van der Waals surface area (Å²) in [7, 11) is 0. The van der Waals surface area contributed by atoms with E-state index in [1.807, 2.05) is 0 Å². The predicted molar refractivity (Wildman–Crippen MR) is 139 cm³/mol. The number of rotatable bonds is 5. The first kappa shape index (κ1) is 26.0. The van der Waals surface area contributed by atoms with E-state index in [4.69, 9.17) is 4.74 Å². The van der Waals surface area contributed by atoms with Crippen LogP contribution in [0.1, 0.15) is 79.1 Å². The molecule has 2 saturated carbocycles. The molecule has 3 aliphatic carbocycles. The molecule has 2 fully saturated rings. The molecule has 4 heteroatoms. The molecule has 0 heterocycles. The van der Waals surface area contributed by atoms with Gasteiger partial charge in [0, 0.05) is 12.8 Å². The fraction of sp³-hybridized carbons (Fsp3) is 0.621. The lowest BCUT2D eigenvalue weighted by molar-refractivity contribution is -0.146. The number of esters is 1. The number of carbonyl (C=O) groups is 1. The van der Waals surface area contributed by atoms with Crippen LogP contribution in [0.4, 0.5) is 0 Å². The summed E-state index contributed by atoms with van der Waals surface area (Å²) in [6.45, 7) is 12.4. The molecule has 0 spiro atoms. The fourth-order valence-electron chi connectivity index (χ4n) is 5.85. The van der Waals surface area contributed by atoms with Gasteiger partial charge in [-0.15, -0.1) is 0 Å². The highest BCUT2D eigenvalue weighted by Crippen LogP contribution is 2.56. The van der Waals surface area contributed by atoms with Crippen molar-refractivity contribution in [3.8, 4) is 11.8 Å². The van der Waals surface area contributed by atoms with Crippen LogP contribution in [0.5, 0.6) is 0 Å². The van der Waals surface area contributed by atoms with Crippen molar-refractivity contribution in [3.63, 3.8) is 0 Å². The van der Waals surface area contributed by atoms with Gasteiger partial charge in [0.2, 0.25) is 0 Å². The maximum atomic E-state index is 11.7. The van der Waals surface area contributed by atoms with Gasteiger partial charge in [-0.3, -0.25) is 4.79 Å². The Morgan fingerprint density at radius 3 is 2.88 bits per heavy atom. The van der Waals surface area contributed by atoms with E-state index in [0.29, 0.717) is 11.8 Å². The predicted octanol–water partition coefficient (Wildman–Crippen LogP) is 6.82. The summed E-state index contributed by atoms with van der Waals surface area (Å²) in [5.74, 6) is 6.92. The van der Waals surface area contributed by atoms with Crippen LogP contribution >= 0.6 is 15.9 Å². The Labute approximate surface area is 208 Å². The SMILES string of the molecule is C=C1CC[C@H](OC(=O)CBr)C/C1=C/C=C1\CCC[C@]2(C)C([C@H](C)CC#CC(C)(C)O)=CCC12. The van der Waals surface area contributed by atoms with E-state index < -0.39 is 5.60 Å². The summed E-state index contributed by atoms with van der Waals surface area (Å²) in [5.41, 5.74) is 4.72. The van der Waals surface area contributed by atoms with Crippen LogP contribution in [0.3, 0.4) is 0 Å². The average Bonchev–Trinajstić information content (AvgIpc) is 3.10. The van der Waals surface area contributed by atoms with E-state index in [0.717, 1.165) is 38.5 Å². The summed E-state index contributed by atoms with van der Waals surface area (Å²) >= 11 is 3.18. The Bertz CT molecular complexity index is 921. The fourth-order valence-corrected chi connectivity index (χ4v) is 5.98. The summed E-state index contributed by atoms with van der Waals surface area (Å²) < 4.78 is 5.57. The minimum absolute atomic E-state index is 0.0487. The van der Waals surface area contributed by atoms with Crippen LogP contribution in [0, 0.1) is 29.1 Å². The first-order valence-corrected chi connectivity index (χ1v) is 13.4. The number of halogens is 1. The Hall–Kier alpha value is -1.57. The topological polar surface area (TPSA) is 46.5 Å². The van der Waals surface area contributed by atoms with Gasteiger partial charge in [0.05, 0.1) is 0 Å². The summed E-state index contributed by atoms with van der Waals surface area (Å²) in [4.78, 5) is 11.7. The lowest BCUT2D eigenvalue weighted by atomic mass is 9.62. The van der Waals surface area contributed by atoms with E-state index in [2.05, 4.69) is 66.4 Å². The molecule has 0 saturated heterocycles. The number of fused-ring (bicyclic) bond motifs is 1. The van der Waals surface area contributed by atoms with Gasteiger partial charge in [-0.05, 0) is 75.2 Å². The second-order valence-corrected chi connectivity index (χ2v) is 11.3. The quantitative estimate of drug-likeness (QED) is 0.189. The van der Waals surface area contributed by atoms with Gasteiger partial charge in [-0.1, -0.05) is 83.1 Å². The van der Waals surface area contributed by atoms with Crippen molar-refractivity contribution in [2.45, 2.75) is 90.8 Å². The molecule has 3 nitrogen and oxygen atoms in total. The number of allylic oxidation sites excluding steroid dienone is 6. The Morgan fingerprint density at radius 2 is 2.18 bits per heavy atom. The largest absolute Gasteiger partial charge is 0.461 e. The Kier molecular flexibility index (Phi) is 8.51. The van der Waals surface area contributed by atoms with Gasteiger partial charge >= 0.3 is 5.97 Å². The maximum Gasteiger partial charge on any atom is 0.316 e. The average molecular weight is 516 g/mol. The van der Waals surface area contributed by atoms with E-state index in [-0.39, 0.29) is 22.8 Å². The highest BCUT2D eigenvalue weighted by atomic mass is 79.9. The van der Waals surface area contributed by atoms with Crippen LogP contribution in [0.25, 0.3) is 0 Å². The third kappa shape index (κ3) is 6.52. The molecular weight excluding hydrogens is 476 g/mol. The van der Waals surface area contributed by atoms with Crippen molar-refractivity contribution in [1.82, 2.24) is 0 Å². The highest BCUT2D eigenvalue weighted by Gasteiger charge is 2.45. The van der Waals surface area contributed by atoms with E-state index in [1.54, 1.807) is 19.4 Å². The van der Waals surface area contributed by atoms with Crippen LogP contribution in [-0.4, -0.2) is 28.1 Å². The van der Waals surface area contributed by atoms with Crippen molar-refractivity contribution >= 4 is 21.9 Å². The maximum absolute atomic E-state index is 11.7. The number of alkyl halides is 1. The normalized spacial score (nSPS) is 31.0. The molecule has 0 bridgehead atoms. The summed E-state index contributed by atoms with van der Waals surface area (Å²) in [5, 5.41) is 10.1. The lowest BCUT2D eigenvalue weighted by Gasteiger charge is -2.42. The third-order valence-corrected chi connectivity index (χ3v) is 7.98. The van der Waals surface area contributed by atoms with Gasteiger partial charge in [-0.25, -0.2) is 0 Å². The van der Waals surface area contributed by atoms with Crippen molar-refractivity contribution in [2.75, 3.05) is 5.33 Å². The first-order valence-electron chi connectivity index (χ1n) is 12.3. The van der Waals surface area contributed by atoms with E-state index >= 15 is 0 Å². The van der Waals surface area contributed by atoms with Gasteiger partial charge in [0.1, 0.15) is 17.0 Å². The summed E-state index contributed by atoms with van der Waals surface area (Å²) in [6.07, 6.45) is 14.9. The molecule has 0 aromatic rings. The van der Waals surface area contributed by atoms with Crippen molar-refractivity contribution in [3.05, 3.63) is 47.1 Å². The zero-order valence-electron chi connectivity index (χ0n) is 20.7. The van der Waals surface area contributed by atoms with Crippen molar-refractivity contribution in [2.24, 2.45) is 17.3 Å². The lowest BCUT2D eigenvalue weighted by Crippen LogP contribution is -2.32. The number of aliphatic hydroxyl groups is 1. The molecule has 0 amide bonds.